The van der Waals surface area contributed by atoms with E-state index in [4.69, 9.17) is 5.73 Å². The van der Waals surface area contributed by atoms with Crippen LogP contribution >= 0.6 is 22.6 Å². The first-order chi connectivity index (χ1) is 7.59. The van der Waals surface area contributed by atoms with Crippen LogP contribution in [0.25, 0.3) is 0 Å². The van der Waals surface area contributed by atoms with E-state index in [0.29, 0.717) is 15.3 Å². The molecule has 2 nitrogen and oxygen atoms in total. The average molecular weight is 334 g/mol. The molecule has 0 radical (unpaired) electrons. The summed E-state index contributed by atoms with van der Waals surface area (Å²) in [6.45, 7) is 3.15. The van der Waals surface area contributed by atoms with Gasteiger partial charge in [-0.1, -0.05) is 0 Å². The Morgan fingerprint density at radius 1 is 1.44 bits per heavy atom. The molecule has 2 rings (SSSR count). The fourth-order valence-electron chi connectivity index (χ4n) is 2.26. The molecule has 1 aliphatic heterocycles. The molecular weight excluding hydrogens is 318 g/mol. The third-order valence-electron chi connectivity index (χ3n) is 3.18. The van der Waals surface area contributed by atoms with Gasteiger partial charge in [-0.15, -0.1) is 0 Å². The first-order valence-corrected chi connectivity index (χ1v) is 6.68. The van der Waals surface area contributed by atoms with E-state index in [1.165, 1.54) is 6.42 Å². The van der Waals surface area contributed by atoms with Crippen molar-refractivity contribution in [3.8, 4) is 0 Å². The van der Waals surface area contributed by atoms with Crippen LogP contribution in [0.2, 0.25) is 0 Å². The zero-order valence-corrected chi connectivity index (χ0v) is 11.5. The van der Waals surface area contributed by atoms with Gasteiger partial charge in [-0.2, -0.15) is 0 Å². The lowest BCUT2D eigenvalue weighted by Crippen LogP contribution is -2.37. The highest BCUT2D eigenvalue weighted by Crippen LogP contribution is 2.32. The summed E-state index contributed by atoms with van der Waals surface area (Å²) in [5, 5.41) is 0. The van der Waals surface area contributed by atoms with E-state index in [1.807, 2.05) is 22.6 Å². The fourth-order valence-corrected chi connectivity index (χ4v) is 2.75. The van der Waals surface area contributed by atoms with Crippen LogP contribution in [0.1, 0.15) is 26.2 Å². The molecule has 0 aromatic heterocycles. The summed E-state index contributed by atoms with van der Waals surface area (Å²) in [4.78, 5) is 2.22. The molecule has 88 valence electrons. The summed E-state index contributed by atoms with van der Waals surface area (Å²) in [5.41, 5.74) is 7.50. The number of nitrogens with zero attached hydrogens (tertiary/aromatic N) is 1. The number of halogens is 2. The van der Waals surface area contributed by atoms with Gasteiger partial charge in [0, 0.05) is 18.7 Å². The highest BCUT2D eigenvalue weighted by molar-refractivity contribution is 14.1. The number of nitrogen functional groups attached to an aromatic ring is 1. The lowest BCUT2D eigenvalue weighted by atomic mass is 10.0. The van der Waals surface area contributed by atoms with E-state index in [9.17, 15) is 4.39 Å². The quantitative estimate of drug-likeness (QED) is 0.630. The molecule has 16 heavy (non-hydrogen) atoms. The van der Waals surface area contributed by atoms with Crippen molar-refractivity contribution in [3.63, 3.8) is 0 Å². The minimum atomic E-state index is -0.178. The van der Waals surface area contributed by atoms with Crippen LogP contribution in [-0.4, -0.2) is 12.6 Å². The number of nitrogens with two attached hydrogens (primary N) is 1. The van der Waals surface area contributed by atoms with E-state index in [0.717, 1.165) is 25.1 Å². The van der Waals surface area contributed by atoms with Crippen LogP contribution in [0.5, 0.6) is 0 Å². The van der Waals surface area contributed by atoms with E-state index in [2.05, 4.69) is 11.8 Å². The molecule has 1 unspecified atom stereocenters. The van der Waals surface area contributed by atoms with Gasteiger partial charge < -0.3 is 10.6 Å². The normalized spacial score (nSPS) is 21.2. The largest absolute Gasteiger partial charge is 0.397 e. The number of benzene rings is 1. The summed E-state index contributed by atoms with van der Waals surface area (Å²) >= 11 is 1.97. The molecule has 1 aromatic rings. The Bertz CT molecular complexity index is 395. The van der Waals surface area contributed by atoms with Gasteiger partial charge in [0.05, 0.1) is 14.9 Å². The Kier molecular flexibility index (Phi) is 3.56. The lowest BCUT2D eigenvalue weighted by molar-refractivity contribution is 0.484. The van der Waals surface area contributed by atoms with Gasteiger partial charge in [0.1, 0.15) is 5.82 Å². The highest BCUT2D eigenvalue weighted by atomic mass is 127. The molecule has 1 fully saturated rings. The van der Waals surface area contributed by atoms with Gasteiger partial charge in [0.25, 0.3) is 0 Å². The van der Waals surface area contributed by atoms with Crippen molar-refractivity contribution in [3.05, 3.63) is 21.5 Å². The van der Waals surface area contributed by atoms with Crippen molar-refractivity contribution in [2.45, 2.75) is 32.2 Å². The Morgan fingerprint density at radius 3 is 2.88 bits per heavy atom. The maximum Gasteiger partial charge on any atom is 0.138 e. The number of hydrogen-bond acceptors (Lipinski definition) is 2. The van der Waals surface area contributed by atoms with Crippen LogP contribution < -0.4 is 10.6 Å². The van der Waals surface area contributed by atoms with Crippen LogP contribution in [0.3, 0.4) is 0 Å². The molecule has 0 aliphatic carbocycles. The summed E-state index contributed by atoms with van der Waals surface area (Å²) in [6.07, 6.45) is 3.58. The zero-order valence-electron chi connectivity index (χ0n) is 9.34. The molecule has 0 bridgehead atoms. The van der Waals surface area contributed by atoms with Gasteiger partial charge in [0.2, 0.25) is 0 Å². The van der Waals surface area contributed by atoms with Crippen LogP contribution in [0.15, 0.2) is 12.1 Å². The predicted octanol–water partition coefficient (Wildman–Crippen LogP) is 3.39. The van der Waals surface area contributed by atoms with Crippen LogP contribution in [-0.2, 0) is 0 Å². The standard InChI is InChI=1S/C12H16FIN2/c1-8-4-2-3-5-16(8)12-6-9(13)10(14)7-11(12)15/h6-8H,2-5,15H2,1H3. The molecule has 2 N–H and O–H groups in total. The number of anilines is 2. The maximum atomic E-state index is 13.6. The van der Waals surface area contributed by atoms with Crippen molar-refractivity contribution in [2.24, 2.45) is 0 Å². The smallest absolute Gasteiger partial charge is 0.138 e. The molecular formula is C12H16FIN2. The van der Waals surface area contributed by atoms with Gasteiger partial charge in [-0.25, -0.2) is 4.39 Å². The van der Waals surface area contributed by atoms with Gasteiger partial charge in [-0.05, 0) is 54.8 Å². The van der Waals surface area contributed by atoms with E-state index >= 15 is 0 Å². The molecule has 0 amide bonds. The zero-order chi connectivity index (χ0) is 11.7. The third-order valence-corrected chi connectivity index (χ3v) is 4.01. The monoisotopic (exact) mass is 334 g/mol. The molecule has 4 heteroatoms. The summed E-state index contributed by atoms with van der Waals surface area (Å²) in [5.74, 6) is -0.178. The average Bonchev–Trinajstić information content (AvgIpc) is 2.25. The first-order valence-electron chi connectivity index (χ1n) is 5.60. The van der Waals surface area contributed by atoms with Crippen LogP contribution in [0.4, 0.5) is 15.8 Å². The van der Waals surface area contributed by atoms with E-state index in [1.54, 1.807) is 12.1 Å². The van der Waals surface area contributed by atoms with Crippen molar-refractivity contribution < 1.29 is 4.39 Å². The second-order valence-corrected chi connectivity index (χ2v) is 5.53. The minimum Gasteiger partial charge on any atom is -0.397 e. The number of piperidine rings is 1. The second-order valence-electron chi connectivity index (χ2n) is 4.36. The SMILES string of the molecule is CC1CCCCN1c1cc(F)c(I)cc1N. The predicted molar refractivity (Wildman–Crippen MR) is 74.2 cm³/mol. The van der Waals surface area contributed by atoms with Crippen LogP contribution in [0, 0.1) is 9.39 Å². The van der Waals surface area contributed by atoms with Crippen molar-refractivity contribution in [1.29, 1.82) is 0 Å². The van der Waals surface area contributed by atoms with E-state index < -0.39 is 0 Å². The molecule has 1 aromatic carbocycles. The second kappa shape index (κ2) is 4.77. The Labute approximate surface area is 109 Å². The maximum absolute atomic E-state index is 13.6. The third kappa shape index (κ3) is 2.26. The van der Waals surface area contributed by atoms with Gasteiger partial charge >= 0.3 is 0 Å². The fraction of sp³-hybridized carbons (Fsp3) is 0.500. The molecule has 0 saturated carbocycles. The minimum absolute atomic E-state index is 0.178. The molecule has 1 saturated heterocycles. The number of rotatable bonds is 1. The summed E-state index contributed by atoms with van der Waals surface area (Å²) in [7, 11) is 0. The first kappa shape index (κ1) is 12.0. The number of hydrogen-bond donors (Lipinski definition) is 1. The van der Waals surface area contributed by atoms with Gasteiger partial charge in [0.15, 0.2) is 0 Å². The van der Waals surface area contributed by atoms with Crippen molar-refractivity contribution in [1.82, 2.24) is 0 Å². The summed E-state index contributed by atoms with van der Waals surface area (Å²) in [6, 6.07) is 3.74. The Morgan fingerprint density at radius 2 is 2.19 bits per heavy atom. The highest BCUT2D eigenvalue weighted by Gasteiger charge is 2.21. The lowest BCUT2D eigenvalue weighted by Gasteiger charge is -2.36. The molecule has 1 heterocycles. The Balaban J connectivity index is 2.35. The Hall–Kier alpha value is -0.520. The molecule has 0 spiro atoms. The van der Waals surface area contributed by atoms with Crippen molar-refractivity contribution >= 4 is 34.0 Å². The van der Waals surface area contributed by atoms with Gasteiger partial charge in [-0.3, -0.25) is 0 Å². The molecule has 1 atom stereocenters. The van der Waals surface area contributed by atoms with Crippen molar-refractivity contribution in [2.75, 3.05) is 17.2 Å². The topological polar surface area (TPSA) is 29.3 Å². The summed E-state index contributed by atoms with van der Waals surface area (Å²) < 4.78 is 14.1. The van der Waals surface area contributed by atoms with E-state index in [-0.39, 0.29) is 5.82 Å². The molecule has 1 aliphatic rings.